The summed E-state index contributed by atoms with van der Waals surface area (Å²) in [6.07, 6.45) is 3.01. The van der Waals surface area contributed by atoms with Gasteiger partial charge >= 0.3 is 0 Å². The maximum absolute atomic E-state index is 13.1. The van der Waals surface area contributed by atoms with E-state index < -0.39 is 0 Å². The molecule has 0 spiro atoms. The van der Waals surface area contributed by atoms with Crippen molar-refractivity contribution in [1.29, 1.82) is 0 Å². The molecule has 0 aliphatic carbocycles. The van der Waals surface area contributed by atoms with E-state index in [1.54, 1.807) is 4.57 Å². The monoisotopic (exact) mass is 449 g/mol. The van der Waals surface area contributed by atoms with Gasteiger partial charge in [-0.2, -0.15) is 0 Å². The van der Waals surface area contributed by atoms with E-state index in [0.717, 1.165) is 36.0 Å². The predicted molar refractivity (Wildman–Crippen MR) is 130 cm³/mol. The molecular weight excluding hydrogens is 422 g/mol. The summed E-state index contributed by atoms with van der Waals surface area (Å²) >= 11 is 1.31. The zero-order valence-electron chi connectivity index (χ0n) is 18.6. The highest BCUT2D eigenvalue weighted by molar-refractivity contribution is 7.99. The van der Waals surface area contributed by atoms with E-state index >= 15 is 0 Å². The molecule has 0 unspecified atom stereocenters. The van der Waals surface area contributed by atoms with Gasteiger partial charge in [-0.05, 0) is 55.7 Å². The quantitative estimate of drug-likeness (QED) is 0.314. The van der Waals surface area contributed by atoms with Crippen LogP contribution in [-0.2, 0) is 11.3 Å². The Balaban J connectivity index is 1.62. The second-order valence-electron chi connectivity index (χ2n) is 7.93. The first-order chi connectivity index (χ1) is 15.5. The summed E-state index contributed by atoms with van der Waals surface area (Å²) in [6, 6.07) is 13.3. The lowest BCUT2D eigenvalue weighted by Gasteiger charge is -2.11. The molecule has 0 bridgehead atoms. The summed E-state index contributed by atoms with van der Waals surface area (Å²) in [4.78, 5) is 25.6. The Morgan fingerprint density at radius 1 is 1.06 bits per heavy atom. The van der Waals surface area contributed by atoms with Gasteiger partial charge in [0.2, 0.25) is 11.7 Å². The number of benzene rings is 2. The number of rotatable bonds is 8. The molecule has 2 aromatic carbocycles. The number of thioether (sulfide) groups is 1. The Kier molecular flexibility index (Phi) is 6.60. The van der Waals surface area contributed by atoms with Crippen molar-refractivity contribution in [2.45, 2.75) is 51.7 Å². The molecule has 2 aromatic heterocycles. The molecule has 0 radical (unpaired) electrons. The molecule has 1 amide bonds. The summed E-state index contributed by atoms with van der Waals surface area (Å²) < 4.78 is 3.58. The fourth-order valence-electron chi connectivity index (χ4n) is 3.69. The van der Waals surface area contributed by atoms with Crippen molar-refractivity contribution in [3.63, 3.8) is 0 Å². The molecule has 7 nitrogen and oxygen atoms in total. The van der Waals surface area contributed by atoms with Crippen LogP contribution in [0.4, 0.5) is 5.69 Å². The molecule has 8 heteroatoms. The Morgan fingerprint density at radius 2 is 1.88 bits per heavy atom. The minimum Gasteiger partial charge on any atom is -0.325 e. The molecule has 2 heterocycles. The number of fused-ring (bicyclic) bond motifs is 3. The number of hydrogen-bond acceptors (Lipinski definition) is 5. The number of unbranched alkanes of at least 4 members (excludes halogenated alkanes) is 2. The van der Waals surface area contributed by atoms with Crippen LogP contribution >= 0.6 is 11.8 Å². The van der Waals surface area contributed by atoms with E-state index in [1.165, 1.54) is 17.3 Å². The van der Waals surface area contributed by atoms with E-state index in [4.69, 9.17) is 0 Å². The molecule has 0 saturated heterocycles. The molecule has 0 fully saturated rings. The zero-order valence-corrected chi connectivity index (χ0v) is 19.4. The average Bonchev–Trinajstić information content (AvgIpc) is 3.21. The minimum absolute atomic E-state index is 0.0550. The predicted octanol–water partition coefficient (Wildman–Crippen LogP) is 4.58. The number of anilines is 1. The van der Waals surface area contributed by atoms with E-state index in [0.29, 0.717) is 22.9 Å². The second-order valence-corrected chi connectivity index (χ2v) is 8.88. The van der Waals surface area contributed by atoms with Gasteiger partial charge in [-0.3, -0.25) is 18.6 Å². The molecule has 32 heavy (non-hydrogen) atoms. The van der Waals surface area contributed by atoms with E-state index in [9.17, 15) is 9.59 Å². The Labute approximate surface area is 190 Å². The first-order valence-electron chi connectivity index (χ1n) is 10.9. The number of carbonyl (C=O) groups is 1. The number of aryl methyl sites for hydroxylation is 3. The van der Waals surface area contributed by atoms with Crippen molar-refractivity contribution in [3.8, 4) is 0 Å². The number of aromatic nitrogens is 4. The van der Waals surface area contributed by atoms with Crippen LogP contribution in [0.25, 0.3) is 16.7 Å². The molecule has 4 rings (SSSR count). The molecule has 0 aliphatic heterocycles. The molecule has 0 aliphatic rings. The van der Waals surface area contributed by atoms with E-state index in [2.05, 4.69) is 22.4 Å². The van der Waals surface area contributed by atoms with Crippen molar-refractivity contribution < 1.29 is 4.79 Å². The number of carbonyl (C=O) groups excluding carboxylic acids is 1. The van der Waals surface area contributed by atoms with Gasteiger partial charge in [0, 0.05) is 12.2 Å². The lowest BCUT2D eigenvalue weighted by Crippen LogP contribution is -2.23. The van der Waals surface area contributed by atoms with Gasteiger partial charge < -0.3 is 5.32 Å². The fraction of sp³-hybridized carbons (Fsp3) is 0.333. The van der Waals surface area contributed by atoms with Crippen LogP contribution in [-0.4, -0.2) is 30.8 Å². The summed E-state index contributed by atoms with van der Waals surface area (Å²) in [6.45, 7) is 6.79. The maximum atomic E-state index is 13.1. The van der Waals surface area contributed by atoms with E-state index in [1.807, 2.05) is 60.7 Å². The van der Waals surface area contributed by atoms with E-state index in [-0.39, 0.29) is 17.2 Å². The summed E-state index contributed by atoms with van der Waals surface area (Å²) in [5.74, 6) is 0.592. The third-order valence-electron chi connectivity index (χ3n) is 5.59. The van der Waals surface area contributed by atoms with Gasteiger partial charge in [0.1, 0.15) is 0 Å². The smallest absolute Gasteiger partial charge is 0.262 e. The van der Waals surface area contributed by atoms with Gasteiger partial charge in [-0.25, -0.2) is 0 Å². The highest BCUT2D eigenvalue weighted by atomic mass is 32.2. The Morgan fingerprint density at radius 3 is 2.66 bits per heavy atom. The number of amides is 1. The van der Waals surface area contributed by atoms with Crippen LogP contribution in [0.1, 0.15) is 37.3 Å². The van der Waals surface area contributed by atoms with Crippen molar-refractivity contribution in [3.05, 3.63) is 63.9 Å². The van der Waals surface area contributed by atoms with Crippen LogP contribution in [0.2, 0.25) is 0 Å². The van der Waals surface area contributed by atoms with Gasteiger partial charge in [-0.1, -0.05) is 49.7 Å². The standard InChI is InChI=1S/C24H27N5O2S/c1-4-5-8-13-28-22(31)19-9-6-7-10-20(19)29-23(28)26-27-24(29)32-15-21(30)25-18-12-11-16(2)17(3)14-18/h6-7,9-12,14H,4-5,8,13,15H2,1-3H3,(H,25,30). The maximum Gasteiger partial charge on any atom is 0.262 e. The molecular formula is C24H27N5O2S. The molecule has 1 N–H and O–H groups in total. The summed E-state index contributed by atoms with van der Waals surface area (Å²) in [7, 11) is 0. The van der Waals surface area contributed by atoms with Gasteiger partial charge in [0.25, 0.3) is 5.56 Å². The van der Waals surface area contributed by atoms with Crippen molar-refractivity contribution in [1.82, 2.24) is 19.2 Å². The fourth-order valence-corrected chi connectivity index (χ4v) is 4.43. The molecule has 4 aromatic rings. The highest BCUT2D eigenvalue weighted by Gasteiger charge is 2.17. The summed E-state index contributed by atoms with van der Waals surface area (Å²) in [5.41, 5.74) is 3.79. The SMILES string of the molecule is CCCCCn1c(=O)c2ccccc2n2c(SCC(=O)Nc3ccc(C)c(C)c3)nnc12. The second kappa shape index (κ2) is 9.56. The van der Waals surface area contributed by atoms with Gasteiger partial charge in [0.15, 0.2) is 5.16 Å². The largest absolute Gasteiger partial charge is 0.325 e. The zero-order chi connectivity index (χ0) is 22.7. The number of hydrogen-bond donors (Lipinski definition) is 1. The van der Waals surface area contributed by atoms with Crippen molar-refractivity contribution in [2.75, 3.05) is 11.1 Å². The van der Waals surface area contributed by atoms with Crippen LogP contribution in [0.3, 0.4) is 0 Å². The average molecular weight is 450 g/mol. The van der Waals surface area contributed by atoms with Crippen LogP contribution in [0.5, 0.6) is 0 Å². The van der Waals surface area contributed by atoms with Crippen molar-refractivity contribution in [2.24, 2.45) is 0 Å². The van der Waals surface area contributed by atoms with Crippen molar-refractivity contribution >= 4 is 40.0 Å². The minimum atomic E-state index is -0.115. The molecule has 166 valence electrons. The Bertz CT molecular complexity index is 1340. The third-order valence-corrected chi connectivity index (χ3v) is 6.52. The first-order valence-corrected chi connectivity index (χ1v) is 11.8. The normalized spacial score (nSPS) is 11.3. The Hall–Kier alpha value is -3.13. The molecule has 0 atom stereocenters. The number of para-hydroxylation sites is 1. The van der Waals surface area contributed by atoms with Crippen LogP contribution in [0.15, 0.2) is 52.4 Å². The van der Waals surface area contributed by atoms with Gasteiger partial charge in [-0.15, -0.1) is 10.2 Å². The summed E-state index contributed by atoms with van der Waals surface area (Å²) in [5, 5.41) is 12.8. The van der Waals surface area contributed by atoms with Gasteiger partial charge in [0.05, 0.1) is 16.7 Å². The van der Waals surface area contributed by atoms with Crippen LogP contribution < -0.4 is 10.9 Å². The number of nitrogens with one attached hydrogen (secondary N) is 1. The first kappa shape index (κ1) is 22.1. The number of nitrogens with zero attached hydrogens (tertiary/aromatic N) is 4. The lowest BCUT2D eigenvalue weighted by molar-refractivity contribution is -0.113. The topological polar surface area (TPSA) is 81.3 Å². The molecule has 0 saturated carbocycles. The highest BCUT2D eigenvalue weighted by Crippen LogP contribution is 2.22. The third kappa shape index (κ3) is 4.41. The lowest BCUT2D eigenvalue weighted by atomic mass is 10.1. The van der Waals surface area contributed by atoms with Crippen LogP contribution in [0, 0.1) is 13.8 Å².